The van der Waals surface area contributed by atoms with Gasteiger partial charge in [0.2, 0.25) is 0 Å². The monoisotopic (exact) mass is 553 g/mol. The Balaban J connectivity index is 1.94. The number of benzene rings is 3. The Morgan fingerprint density at radius 2 is 1.67 bits per heavy atom. The smallest absolute Gasteiger partial charge is 0.283 e. The molecule has 3 N–H and O–H groups in total. The van der Waals surface area contributed by atoms with Gasteiger partial charge in [-0.1, -0.05) is 12.1 Å². The summed E-state index contributed by atoms with van der Waals surface area (Å²) >= 11 is 0. The first kappa shape index (κ1) is 27.8. The molecule has 0 saturated heterocycles. The molecule has 0 aliphatic rings. The van der Waals surface area contributed by atoms with Gasteiger partial charge in [0.25, 0.3) is 21.9 Å². The molecule has 0 unspecified atom stereocenters. The number of hydrogen-bond donors (Lipinski definition) is 3. The van der Waals surface area contributed by atoms with Crippen LogP contribution in [0.25, 0.3) is 33.4 Å². The largest absolute Gasteiger partial charge is 0.455 e. The number of hydrogen-bond acceptors (Lipinski definition) is 6. The summed E-state index contributed by atoms with van der Waals surface area (Å²) in [6, 6.07) is 15.9. The Hall–Kier alpha value is -4.22. The quantitative estimate of drug-likeness (QED) is 0.257. The minimum atomic E-state index is -4.38. The molecule has 0 saturated carbocycles. The lowest BCUT2D eigenvalue weighted by Gasteiger charge is -2.24. The van der Waals surface area contributed by atoms with Crippen molar-refractivity contribution >= 4 is 38.6 Å². The van der Waals surface area contributed by atoms with Crippen LogP contribution in [0.3, 0.4) is 0 Å². The molecular formula is C28H28FN3O6S. The summed E-state index contributed by atoms with van der Waals surface area (Å²) in [4.78, 5) is 27.7. The molecule has 0 aliphatic heterocycles. The lowest BCUT2D eigenvalue weighted by atomic mass is 9.96. The van der Waals surface area contributed by atoms with E-state index in [1.807, 2.05) is 26.0 Å². The Kier molecular flexibility index (Phi) is 8.03. The number of fused-ring (bicyclic) bond motifs is 1. The standard InChI is InChI=1S/C28H28FN3O6S/c1-4-32(5-2)23-15-24-22(25(28(34)30-3)26(38-24)17-9-11-20(29)12-10-17)14-21(23)18-7-6-8-19(13-18)27(33)31-16-39(35,36)37/h6-15H,4-5,16H2,1-3H3,(H,30,34)(H,31,33)(H,35,36,37). The average Bonchev–Trinajstić information content (AvgIpc) is 3.30. The number of nitrogens with one attached hydrogen (secondary N) is 2. The Bertz CT molecular complexity index is 1640. The maximum Gasteiger partial charge on any atom is 0.283 e. The van der Waals surface area contributed by atoms with Crippen molar-refractivity contribution in [2.24, 2.45) is 0 Å². The van der Waals surface area contributed by atoms with Crippen LogP contribution in [-0.2, 0) is 10.1 Å². The van der Waals surface area contributed by atoms with Gasteiger partial charge in [-0.15, -0.1) is 0 Å². The van der Waals surface area contributed by atoms with Crippen molar-refractivity contribution in [3.05, 3.63) is 77.6 Å². The van der Waals surface area contributed by atoms with E-state index in [-0.39, 0.29) is 17.0 Å². The molecule has 3 aromatic carbocycles. The summed E-state index contributed by atoms with van der Waals surface area (Å²) in [6.45, 7) is 5.33. The van der Waals surface area contributed by atoms with Crippen molar-refractivity contribution in [3.8, 4) is 22.5 Å². The average molecular weight is 554 g/mol. The molecular weight excluding hydrogens is 525 g/mol. The minimum absolute atomic E-state index is 0.187. The number of carbonyl (C=O) groups is 2. The number of furan rings is 1. The van der Waals surface area contributed by atoms with Gasteiger partial charge < -0.3 is 20.0 Å². The number of rotatable bonds is 9. The maximum atomic E-state index is 13.6. The first-order valence-electron chi connectivity index (χ1n) is 12.2. The molecule has 4 aromatic rings. The molecule has 0 radical (unpaired) electrons. The summed E-state index contributed by atoms with van der Waals surface area (Å²) in [5.41, 5.74) is 3.63. The van der Waals surface area contributed by atoms with Gasteiger partial charge in [-0.05, 0) is 61.9 Å². The van der Waals surface area contributed by atoms with Crippen LogP contribution >= 0.6 is 0 Å². The first-order chi connectivity index (χ1) is 18.6. The predicted molar refractivity (Wildman–Crippen MR) is 148 cm³/mol. The topological polar surface area (TPSA) is 129 Å². The van der Waals surface area contributed by atoms with Crippen molar-refractivity contribution in [2.45, 2.75) is 13.8 Å². The molecule has 0 bridgehead atoms. The van der Waals surface area contributed by atoms with Crippen molar-refractivity contribution in [2.75, 3.05) is 30.9 Å². The molecule has 4 rings (SSSR count). The fraction of sp³-hybridized carbons (Fsp3) is 0.214. The van der Waals surface area contributed by atoms with E-state index in [0.29, 0.717) is 46.5 Å². The van der Waals surface area contributed by atoms with E-state index >= 15 is 0 Å². The van der Waals surface area contributed by atoms with E-state index in [0.717, 1.165) is 5.69 Å². The van der Waals surface area contributed by atoms with Crippen LogP contribution < -0.4 is 15.5 Å². The third kappa shape index (κ3) is 5.94. The van der Waals surface area contributed by atoms with E-state index in [1.165, 1.54) is 25.2 Å². The summed E-state index contributed by atoms with van der Waals surface area (Å²) < 4.78 is 50.9. The molecule has 39 heavy (non-hydrogen) atoms. The molecule has 1 aromatic heterocycles. The van der Waals surface area contributed by atoms with Crippen LogP contribution in [0.15, 0.2) is 65.1 Å². The summed E-state index contributed by atoms with van der Waals surface area (Å²) in [5, 5.41) is 5.36. The van der Waals surface area contributed by atoms with Crippen LogP contribution in [0, 0.1) is 5.82 Å². The van der Waals surface area contributed by atoms with Gasteiger partial charge in [-0.3, -0.25) is 14.1 Å². The zero-order valence-electron chi connectivity index (χ0n) is 21.6. The van der Waals surface area contributed by atoms with Crippen LogP contribution in [0.5, 0.6) is 0 Å². The molecule has 0 spiro atoms. The van der Waals surface area contributed by atoms with Gasteiger partial charge in [0.15, 0.2) is 0 Å². The highest BCUT2D eigenvalue weighted by Crippen LogP contribution is 2.41. The summed E-state index contributed by atoms with van der Waals surface area (Å²) in [7, 11) is -2.88. The van der Waals surface area contributed by atoms with E-state index in [4.69, 9.17) is 8.97 Å². The molecule has 11 heteroatoms. The second-order valence-corrected chi connectivity index (χ2v) is 10.2. The summed E-state index contributed by atoms with van der Waals surface area (Å²) in [6.07, 6.45) is 0. The van der Waals surface area contributed by atoms with E-state index < -0.39 is 27.7 Å². The van der Waals surface area contributed by atoms with Crippen LogP contribution in [0.4, 0.5) is 10.1 Å². The Morgan fingerprint density at radius 1 is 0.974 bits per heavy atom. The van der Waals surface area contributed by atoms with Crippen molar-refractivity contribution in [3.63, 3.8) is 0 Å². The highest BCUT2D eigenvalue weighted by Gasteiger charge is 2.24. The molecule has 1 heterocycles. The van der Waals surface area contributed by atoms with Gasteiger partial charge >= 0.3 is 0 Å². The summed E-state index contributed by atoms with van der Waals surface area (Å²) in [5.74, 6) is -2.09. The third-order valence-corrected chi connectivity index (χ3v) is 6.83. The van der Waals surface area contributed by atoms with Crippen LogP contribution in [0.2, 0.25) is 0 Å². The molecule has 0 fully saturated rings. The first-order valence-corrected chi connectivity index (χ1v) is 13.8. The molecule has 2 amide bonds. The number of nitrogens with zero attached hydrogens (tertiary/aromatic N) is 1. The van der Waals surface area contributed by atoms with Crippen LogP contribution in [-0.4, -0.2) is 50.8 Å². The fourth-order valence-electron chi connectivity index (χ4n) is 4.43. The predicted octanol–water partition coefficient (Wildman–Crippen LogP) is 4.69. The normalized spacial score (nSPS) is 11.4. The van der Waals surface area contributed by atoms with E-state index in [1.54, 1.807) is 30.3 Å². The molecule has 204 valence electrons. The lowest BCUT2D eigenvalue weighted by molar-refractivity contribution is 0.0953. The minimum Gasteiger partial charge on any atom is -0.455 e. The van der Waals surface area contributed by atoms with Crippen LogP contribution in [0.1, 0.15) is 34.6 Å². The highest BCUT2D eigenvalue weighted by molar-refractivity contribution is 7.85. The number of anilines is 1. The second-order valence-electron chi connectivity index (χ2n) is 8.74. The van der Waals surface area contributed by atoms with Gasteiger partial charge in [0.05, 0.1) is 5.56 Å². The van der Waals surface area contributed by atoms with Gasteiger partial charge in [-0.25, -0.2) is 4.39 Å². The number of carbonyl (C=O) groups excluding carboxylic acids is 2. The van der Waals surface area contributed by atoms with Crippen molar-refractivity contribution in [1.82, 2.24) is 10.6 Å². The Morgan fingerprint density at radius 3 is 2.28 bits per heavy atom. The van der Waals surface area contributed by atoms with Crippen molar-refractivity contribution in [1.29, 1.82) is 0 Å². The van der Waals surface area contributed by atoms with Gasteiger partial charge in [-0.2, -0.15) is 8.42 Å². The van der Waals surface area contributed by atoms with Gasteiger partial charge in [0.1, 0.15) is 23.0 Å². The second kappa shape index (κ2) is 11.3. The molecule has 9 nitrogen and oxygen atoms in total. The fourth-order valence-corrected chi connectivity index (χ4v) is 4.74. The molecule has 0 atom stereocenters. The van der Waals surface area contributed by atoms with E-state index in [9.17, 15) is 22.4 Å². The SMILES string of the molecule is CCN(CC)c1cc2oc(-c3ccc(F)cc3)c(C(=O)NC)c2cc1-c1cccc(C(=O)NCS(=O)(=O)O)c1. The highest BCUT2D eigenvalue weighted by atomic mass is 32.2. The molecule has 0 aliphatic carbocycles. The maximum absolute atomic E-state index is 13.6. The number of amides is 2. The Labute approximate surface area is 225 Å². The lowest BCUT2D eigenvalue weighted by Crippen LogP contribution is -2.29. The number of halogens is 1. The zero-order chi connectivity index (χ0) is 28.3. The zero-order valence-corrected chi connectivity index (χ0v) is 22.4. The van der Waals surface area contributed by atoms with E-state index in [2.05, 4.69) is 15.5 Å². The van der Waals surface area contributed by atoms with Crippen molar-refractivity contribution < 1.29 is 31.4 Å². The van der Waals surface area contributed by atoms with Gasteiger partial charge in [0, 0.05) is 54.0 Å². The third-order valence-electron chi connectivity index (χ3n) is 6.32.